The van der Waals surface area contributed by atoms with Gasteiger partial charge in [0.25, 0.3) is 0 Å². The number of nitrogens with two attached hydrogens (primary N) is 1. The number of ketones is 1. The van der Waals surface area contributed by atoms with Gasteiger partial charge in [-0.05, 0) is 35.7 Å². The van der Waals surface area contributed by atoms with Gasteiger partial charge in [-0.3, -0.25) is 4.79 Å². The standard InChI is InChI=1S/C17H14N2O/c18-11-6-4-10(5-7-11)17-13-8-9-15(20)12-2-1-3-14(19-17)16(12)13/h1-7,19H,8-9,18H2. The number of aromatic amines is 1. The molecule has 0 unspecified atom stereocenters. The van der Waals surface area contributed by atoms with E-state index >= 15 is 0 Å². The minimum atomic E-state index is 0.242. The Morgan fingerprint density at radius 3 is 2.60 bits per heavy atom. The molecule has 3 nitrogen and oxygen atoms in total. The monoisotopic (exact) mass is 262 g/mol. The highest BCUT2D eigenvalue weighted by Crippen LogP contribution is 2.36. The van der Waals surface area contributed by atoms with Crippen LogP contribution >= 0.6 is 0 Å². The van der Waals surface area contributed by atoms with E-state index in [0.717, 1.165) is 39.8 Å². The molecule has 2 aromatic carbocycles. The lowest BCUT2D eigenvalue weighted by atomic mass is 9.89. The van der Waals surface area contributed by atoms with Crippen LogP contribution in [0.15, 0.2) is 42.5 Å². The van der Waals surface area contributed by atoms with E-state index in [1.54, 1.807) is 0 Å². The molecule has 0 saturated carbocycles. The molecule has 0 aliphatic heterocycles. The normalized spacial score (nSPS) is 13.9. The molecule has 1 heterocycles. The Bertz CT molecular complexity index is 828. The number of benzene rings is 2. The van der Waals surface area contributed by atoms with Crippen LogP contribution in [0.3, 0.4) is 0 Å². The second-order valence-electron chi connectivity index (χ2n) is 5.25. The van der Waals surface area contributed by atoms with Crippen molar-refractivity contribution in [3.8, 4) is 11.3 Å². The van der Waals surface area contributed by atoms with Crippen molar-refractivity contribution < 1.29 is 4.79 Å². The van der Waals surface area contributed by atoms with Crippen LogP contribution in [-0.2, 0) is 6.42 Å². The predicted molar refractivity (Wildman–Crippen MR) is 80.8 cm³/mol. The van der Waals surface area contributed by atoms with Crippen molar-refractivity contribution in [3.05, 3.63) is 53.6 Å². The molecule has 20 heavy (non-hydrogen) atoms. The summed E-state index contributed by atoms with van der Waals surface area (Å²) >= 11 is 0. The predicted octanol–water partition coefficient (Wildman–Crippen LogP) is 3.55. The Morgan fingerprint density at radius 1 is 1.00 bits per heavy atom. The fraction of sp³-hybridized carbons (Fsp3) is 0.118. The average Bonchev–Trinajstić information content (AvgIpc) is 2.84. The molecule has 1 aliphatic carbocycles. The number of carbonyl (C=O) groups excluding carboxylic acids is 1. The largest absolute Gasteiger partial charge is 0.399 e. The summed E-state index contributed by atoms with van der Waals surface area (Å²) in [5.41, 5.74) is 11.9. The molecule has 4 rings (SSSR count). The van der Waals surface area contributed by atoms with Crippen LogP contribution in [0, 0.1) is 0 Å². The summed E-state index contributed by atoms with van der Waals surface area (Å²) in [5.74, 6) is 0.242. The van der Waals surface area contributed by atoms with Crippen molar-refractivity contribution in [2.24, 2.45) is 0 Å². The number of nitrogens with one attached hydrogen (secondary N) is 1. The van der Waals surface area contributed by atoms with Crippen LogP contribution < -0.4 is 5.73 Å². The Hall–Kier alpha value is -2.55. The SMILES string of the molecule is Nc1ccc(-c2[nH]c3cccc4c3c2CCC4=O)cc1. The highest BCUT2D eigenvalue weighted by molar-refractivity contribution is 6.12. The number of H-pyrrole nitrogens is 1. The Morgan fingerprint density at radius 2 is 1.80 bits per heavy atom. The molecule has 3 N–H and O–H groups in total. The van der Waals surface area contributed by atoms with Crippen molar-refractivity contribution in [2.45, 2.75) is 12.8 Å². The van der Waals surface area contributed by atoms with Crippen LogP contribution in [0.25, 0.3) is 22.2 Å². The summed E-state index contributed by atoms with van der Waals surface area (Å²) in [6, 6.07) is 13.7. The molecule has 0 fully saturated rings. The molecule has 98 valence electrons. The van der Waals surface area contributed by atoms with Gasteiger partial charge in [-0.2, -0.15) is 0 Å². The summed E-state index contributed by atoms with van der Waals surface area (Å²) in [6.45, 7) is 0. The van der Waals surface area contributed by atoms with Crippen molar-refractivity contribution in [1.29, 1.82) is 0 Å². The van der Waals surface area contributed by atoms with Gasteiger partial charge in [0.2, 0.25) is 0 Å². The van der Waals surface area contributed by atoms with E-state index in [1.165, 1.54) is 5.56 Å². The minimum absolute atomic E-state index is 0.242. The summed E-state index contributed by atoms with van der Waals surface area (Å²) < 4.78 is 0. The highest BCUT2D eigenvalue weighted by Gasteiger charge is 2.23. The van der Waals surface area contributed by atoms with Crippen LogP contribution in [0.5, 0.6) is 0 Å². The van der Waals surface area contributed by atoms with Crippen LogP contribution in [-0.4, -0.2) is 10.8 Å². The number of rotatable bonds is 1. The first-order valence-corrected chi connectivity index (χ1v) is 6.77. The number of anilines is 1. The molecule has 0 saturated heterocycles. The lowest BCUT2D eigenvalue weighted by Gasteiger charge is -2.12. The minimum Gasteiger partial charge on any atom is -0.399 e. The Kier molecular flexibility index (Phi) is 2.24. The molecule has 3 heteroatoms. The van der Waals surface area contributed by atoms with Crippen molar-refractivity contribution >= 4 is 22.4 Å². The number of carbonyl (C=O) groups is 1. The van der Waals surface area contributed by atoms with Gasteiger partial charge < -0.3 is 10.7 Å². The van der Waals surface area contributed by atoms with E-state index in [2.05, 4.69) is 4.98 Å². The van der Waals surface area contributed by atoms with Gasteiger partial charge in [0.1, 0.15) is 0 Å². The maximum atomic E-state index is 12.0. The Balaban J connectivity index is 2.03. The van der Waals surface area contributed by atoms with Gasteiger partial charge in [-0.25, -0.2) is 0 Å². The molecule has 0 radical (unpaired) electrons. The first-order chi connectivity index (χ1) is 9.74. The van der Waals surface area contributed by atoms with Gasteiger partial charge in [-0.1, -0.05) is 24.3 Å². The molecule has 0 atom stereocenters. The number of Topliss-reactive ketones (excluding diaryl/α,β-unsaturated/α-hetero) is 1. The van der Waals surface area contributed by atoms with E-state index in [1.807, 2.05) is 42.5 Å². The molecule has 0 bridgehead atoms. The zero-order valence-electron chi connectivity index (χ0n) is 10.9. The molecular weight excluding hydrogens is 248 g/mol. The van der Waals surface area contributed by atoms with Crippen molar-refractivity contribution in [1.82, 2.24) is 4.98 Å². The van der Waals surface area contributed by atoms with E-state index in [9.17, 15) is 4.79 Å². The maximum absolute atomic E-state index is 12.0. The summed E-state index contributed by atoms with van der Waals surface area (Å²) in [6.07, 6.45) is 1.39. The van der Waals surface area contributed by atoms with Gasteiger partial charge >= 0.3 is 0 Å². The molecule has 0 spiro atoms. The number of aryl methyl sites for hydroxylation is 1. The molecule has 3 aromatic rings. The first-order valence-electron chi connectivity index (χ1n) is 6.77. The van der Waals surface area contributed by atoms with Crippen molar-refractivity contribution in [2.75, 3.05) is 5.73 Å². The molecule has 0 amide bonds. The number of hydrogen-bond donors (Lipinski definition) is 2. The van der Waals surface area contributed by atoms with Crippen LogP contribution in [0.4, 0.5) is 5.69 Å². The zero-order valence-corrected chi connectivity index (χ0v) is 10.9. The fourth-order valence-electron chi connectivity index (χ4n) is 3.07. The van der Waals surface area contributed by atoms with Crippen LogP contribution in [0.2, 0.25) is 0 Å². The maximum Gasteiger partial charge on any atom is 0.163 e. The smallest absolute Gasteiger partial charge is 0.163 e. The van der Waals surface area contributed by atoms with E-state index in [-0.39, 0.29) is 5.78 Å². The third kappa shape index (κ3) is 1.50. The second-order valence-corrected chi connectivity index (χ2v) is 5.25. The van der Waals surface area contributed by atoms with Crippen LogP contribution in [0.1, 0.15) is 22.3 Å². The quantitative estimate of drug-likeness (QED) is 0.659. The van der Waals surface area contributed by atoms with Gasteiger partial charge in [0.05, 0.1) is 0 Å². The molecular formula is C17H14N2O. The number of hydrogen-bond acceptors (Lipinski definition) is 2. The third-order valence-corrected chi connectivity index (χ3v) is 4.03. The van der Waals surface area contributed by atoms with E-state index in [4.69, 9.17) is 5.73 Å². The fourth-order valence-corrected chi connectivity index (χ4v) is 3.07. The average molecular weight is 262 g/mol. The van der Waals surface area contributed by atoms with Gasteiger partial charge in [0, 0.05) is 34.3 Å². The lowest BCUT2D eigenvalue weighted by Crippen LogP contribution is -2.07. The third-order valence-electron chi connectivity index (χ3n) is 4.03. The topological polar surface area (TPSA) is 58.9 Å². The summed E-state index contributed by atoms with van der Waals surface area (Å²) in [5, 5.41) is 1.09. The molecule has 1 aromatic heterocycles. The second kappa shape index (κ2) is 3.97. The Labute approximate surface area is 116 Å². The summed E-state index contributed by atoms with van der Waals surface area (Å²) in [7, 11) is 0. The first kappa shape index (κ1) is 11.3. The zero-order chi connectivity index (χ0) is 13.7. The van der Waals surface area contributed by atoms with E-state index < -0.39 is 0 Å². The van der Waals surface area contributed by atoms with Gasteiger partial charge in [-0.15, -0.1) is 0 Å². The highest BCUT2D eigenvalue weighted by atomic mass is 16.1. The number of nitrogen functional groups attached to an aromatic ring is 1. The van der Waals surface area contributed by atoms with Crippen molar-refractivity contribution in [3.63, 3.8) is 0 Å². The molecule has 1 aliphatic rings. The lowest BCUT2D eigenvalue weighted by molar-refractivity contribution is 0.0982. The number of aromatic nitrogens is 1. The van der Waals surface area contributed by atoms with E-state index in [0.29, 0.717) is 6.42 Å². The van der Waals surface area contributed by atoms with Gasteiger partial charge in [0.15, 0.2) is 5.78 Å². The summed E-state index contributed by atoms with van der Waals surface area (Å²) in [4.78, 5) is 15.5.